The normalized spacial score (nSPS) is 18.0. The fourth-order valence-corrected chi connectivity index (χ4v) is 4.88. The number of aryl methyl sites for hydroxylation is 1. The molecule has 1 aromatic heterocycles. The van der Waals surface area contributed by atoms with Gasteiger partial charge < -0.3 is 15.2 Å². The Kier molecular flexibility index (Phi) is 6.87. The highest BCUT2D eigenvalue weighted by Crippen LogP contribution is 2.31. The molecule has 2 heterocycles. The first kappa shape index (κ1) is 21.6. The third-order valence-corrected chi connectivity index (χ3v) is 6.43. The number of amides is 1. The van der Waals surface area contributed by atoms with Gasteiger partial charge in [-0.15, -0.1) is 12.4 Å². The van der Waals surface area contributed by atoms with Crippen molar-refractivity contribution in [3.05, 3.63) is 41.4 Å². The molecule has 1 aromatic carbocycles. The molecule has 148 valence electrons. The van der Waals surface area contributed by atoms with Crippen molar-refractivity contribution in [2.75, 3.05) is 25.0 Å². The molecular weight excluding hydrogens is 413 g/mol. The van der Waals surface area contributed by atoms with Gasteiger partial charge in [0.15, 0.2) is 0 Å². The van der Waals surface area contributed by atoms with Gasteiger partial charge in [0.25, 0.3) is 0 Å². The molecule has 1 unspecified atom stereocenters. The second-order valence-electron chi connectivity index (χ2n) is 6.05. The molecule has 0 bridgehead atoms. The van der Waals surface area contributed by atoms with Crippen molar-refractivity contribution >= 4 is 45.6 Å². The second-order valence-corrected chi connectivity index (χ2v) is 8.35. The molecule has 1 aliphatic heterocycles. The molecule has 1 saturated heterocycles. The predicted molar refractivity (Wildman–Crippen MR) is 106 cm³/mol. The fourth-order valence-electron chi connectivity index (χ4n) is 2.97. The Hall–Kier alpha value is -1.65. The molecule has 8 nitrogen and oxygen atoms in total. The van der Waals surface area contributed by atoms with Gasteiger partial charge in [-0.3, -0.25) is 4.79 Å². The van der Waals surface area contributed by atoms with Crippen molar-refractivity contribution in [1.29, 1.82) is 0 Å². The van der Waals surface area contributed by atoms with E-state index in [1.165, 1.54) is 29.4 Å². The van der Waals surface area contributed by atoms with E-state index in [2.05, 4.69) is 15.6 Å². The predicted octanol–water partition coefficient (Wildman–Crippen LogP) is 1.79. The molecule has 0 spiro atoms. The van der Waals surface area contributed by atoms with Gasteiger partial charge in [-0.25, -0.2) is 13.4 Å². The maximum absolute atomic E-state index is 13.2. The first-order chi connectivity index (χ1) is 12.3. The van der Waals surface area contributed by atoms with Crippen molar-refractivity contribution in [1.82, 2.24) is 19.2 Å². The topological polar surface area (TPSA) is 96.3 Å². The zero-order chi connectivity index (χ0) is 18.9. The zero-order valence-corrected chi connectivity index (χ0v) is 17.2. The van der Waals surface area contributed by atoms with Crippen LogP contribution < -0.4 is 10.6 Å². The summed E-state index contributed by atoms with van der Waals surface area (Å²) in [4.78, 5) is 15.6. The molecule has 1 amide bonds. The number of carbonyl (C=O) groups is 1. The number of nitrogens with one attached hydrogen (secondary N) is 2. The van der Waals surface area contributed by atoms with Crippen LogP contribution in [0.25, 0.3) is 0 Å². The van der Waals surface area contributed by atoms with Crippen molar-refractivity contribution in [2.45, 2.75) is 17.9 Å². The minimum Gasteiger partial charge on any atom is -0.337 e. The lowest BCUT2D eigenvalue weighted by Gasteiger charge is -2.34. The van der Waals surface area contributed by atoms with E-state index in [0.717, 1.165) is 0 Å². The van der Waals surface area contributed by atoms with Crippen LogP contribution in [-0.2, 0) is 21.9 Å². The number of imidazole rings is 1. The van der Waals surface area contributed by atoms with Crippen LogP contribution in [0.4, 0.5) is 5.69 Å². The number of hydrogen-bond donors (Lipinski definition) is 2. The van der Waals surface area contributed by atoms with Crippen LogP contribution in [0, 0.1) is 0 Å². The summed E-state index contributed by atoms with van der Waals surface area (Å²) in [5.41, 5.74) is 0.374. The monoisotopic (exact) mass is 433 g/mol. The van der Waals surface area contributed by atoms with E-state index in [1.807, 2.05) is 11.6 Å². The highest BCUT2D eigenvalue weighted by atomic mass is 35.5. The number of hydrogen-bond acceptors (Lipinski definition) is 5. The highest BCUT2D eigenvalue weighted by molar-refractivity contribution is 7.89. The Bertz CT molecular complexity index is 932. The van der Waals surface area contributed by atoms with Crippen LogP contribution in [0.1, 0.15) is 18.8 Å². The molecule has 1 aliphatic rings. The van der Waals surface area contributed by atoms with Gasteiger partial charge >= 0.3 is 0 Å². The third-order valence-electron chi connectivity index (χ3n) is 4.21. The number of piperazine rings is 1. The minimum atomic E-state index is -3.78. The molecule has 3 rings (SSSR count). The number of nitrogens with zero attached hydrogens (tertiary/aromatic N) is 3. The van der Waals surface area contributed by atoms with E-state index in [0.29, 0.717) is 31.1 Å². The van der Waals surface area contributed by atoms with Gasteiger partial charge in [0, 0.05) is 46.0 Å². The number of sulfonamides is 1. The number of halogens is 2. The largest absolute Gasteiger partial charge is 0.337 e. The number of aromatic nitrogens is 2. The summed E-state index contributed by atoms with van der Waals surface area (Å²) in [6.45, 7) is 2.71. The van der Waals surface area contributed by atoms with E-state index < -0.39 is 16.1 Å². The summed E-state index contributed by atoms with van der Waals surface area (Å²) >= 11 is 6.15. The lowest BCUT2D eigenvalue weighted by atomic mass is 10.2. The summed E-state index contributed by atoms with van der Waals surface area (Å²) in [6, 6.07) is 3.89. The van der Waals surface area contributed by atoms with Gasteiger partial charge in [0.2, 0.25) is 15.9 Å². The van der Waals surface area contributed by atoms with Crippen LogP contribution in [0.15, 0.2) is 35.5 Å². The summed E-state index contributed by atoms with van der Waals surface area (Å²) < 4.78 is 29.7. The molecule has 1 atom stereocenters. The summed E-state index contributed by atoms with van der Waals surface area (Å²) in [7, 11) is -1.94. The number of benzene rings is 1. The molecule has 0 aliphatic carbocycles. The number of anilines is 1. The Labute approximate surface area is 169 Å². The van der Waals surface area contributed by atoms with E-state index in [4.69, 9.17) is 11.6 Å². The molecule has 27 heavy (non-hydrogen) atoms. The SMILES string of the molecule is CC(=O)Nc1ccc(S(=O)(=O)N2CCNCC2c2nccn2C)cc1Cl.Cl. The maximum atomic E-state index is 13.2. The van der Waals surface area contributed by atoms with Crippen molar-refractivity contribution in [3.8, 4) is 0 Å². The van der Waals surface area contributed by atoms with E-state index >= 15 is 0 Å². The Balaban J connectivity index is 0.00000261. The molecule has 11 heteroatoms. The van der Waals surface area contributed by atoms with Gasteiger partial charge in [-0.1, -0.05) is 11.6 Å². The smallest absolute Gasteiger partial charge is 0.243 e. The lowest BCUT2D eigenvalue weighted by molar-refractivity contribution is -0.114. The number of carbonyl (C=O) groups excluding carboxylic acids is 1. The molecule has 2 aromatic rings. The molecule has 2 N–H and O–H groups in total. The average molecular weight is 434 g/mol. The van der Waals surface area contributed by atoms with Gasteiger partial charge in [0.05, 0.1) is 21.6 Å². The van der Waals surface area contributed by atoms with Crippen molar-refractivity contribution in [2.24, 2.45) is 7.05 Å². The van der Waals surface area contributed by atoms with E-state index in [1.54, 1.807) is 12.4 Å². The second kappa shape index (κ2) is 8.57. The van der Waals surface area contributed by atoms with E-state index in [-0.39, 0.29) is 28.2 Å². The van der Waals surface area contributed by atoms with Gasteiger partial charge in [-0.05, 0) is 18.2 Å². The maximum Gasteiger partial charge on any atom is 0.243 e. The fraction of sp³-hybridized carbons (Fsp3) is 0.375. The Morgan fingerprint density at radius 2 is 2.15 bits per heavy atom. The Morgan fingerprint density at radius 3 is 2.74 bits per heavy atom. The first-order valence-corrected chi connectivity index (χ1v) is 9.89. The first-order valence-electron chi connectivity index (χ1n) is 8.07. The van der Waals surface area contributed by atoms with Crippen LogP contribution in [0.3, 0.4) is 0 Å². The van der Waals surface area contributed by atoms with Crippen LogP contribution in [-0.4, -0.2) is 47.8 Å². The van der Waals surface area contributed by atoms with E-state index in [9.17, 15) is 13.2 Å². The molecular formula is C16H21Cl2N5O3S. The third kappa shape index (κ3) is 4.44. The van der Waals surface area contributed by atoms with Crippen molar-refractivity contribution < 1.29 is 13.2 Å². The zero-order valence-electron chi connectivity index (χ0n) is 14.8. The summed E-state index contributed by atoms with van der Waals surface area (Å²) in [5.74, 6) is 0.390. The highest BCUT2D eigenvalue weighted by Gasteiger charge is 2.36. The summed E-state index contributed by atoms with van der Waals surface area (Å²) in [6.07, 6.45) is 3.43. The molecule has 1 fully saturated rings. The lowest BCUT2D eigenvalue weighted by Crippen LogP contribution is -2.49. The van der Waals surface area contributed by atoms with Crippen LogP contribution in [0.5, 0.6) is 0 Å². The minimum absolute atomic E-state index is 0. The Morgan fingerprint density at radius 1 is 1.41 bits per heavy atom. The quantitative estimate of drug-likeness (QED) is 0.765. The van der Waals surface area contributed by atoms with Crippen LogP contribution in [0.2, 0.25) is 5.02 Å². The standard InChI is InChI=1S/C16H20ClN5O3S.ClH/c1-11(23)20-14-4-3-12(9-13(14)17)26(24,25)22-8-5-18-10-15(22)16-19-6-7-21(16)2;/h3-4,6-7,9,15,18H,5,8,10H2,1-2H3,(H,20,23);1H. The van der Waals surface area contributed by atoms with Crippen molar-refractivity contribution in [3.63, 3.8) is 0 Å². The average Bonchev–Trinajstić information content (AvgIpc) is 3.02. The molecule has 0 radical (unpaired) electrons. The van der Waals surface area contributed by atoms with Crippen LogP contribution >= 0.6 is 24.0 Å². The summed E-state index contributed by atoms with van der Waals surface area (Å²) in [5, 5.41) is 5.95. The van der Waals surface area contributed by atoms with Gasteiger partial charge in [0.1, 0.15) is 5.82 Å². The number of rotatable bonds is 4. The molecule has 0 saturated carbocycles. The van der Waals surface area contributed by atoms with Gasteiger partial charge in [-0.2, -0.15) is 4.31 Å².